The lowest BCUT2D eigenvalue weighted by Crippen LogP contribution is -2.26. The van der Waals surface area contributed by atoms with Crippen molar-refractivity contribution in [1.29, 1.82) is 0 Å². The average molecular weight is 296 g/mol. The number of aryl methyl sites for hydroxylation is 1. The Labute approximate surface area is 117 Å². The van der Waals surface area contributed by atoms with Gasteiger partial charge in [-0.1, -0.05) is 6.07 Å². The zero-order valence-corrected chi connectivity index (χ0v) is 12.2. The van der Waals surface area contributed by atoms with Crippen molar-refractivity contribution in [2.24, 2.45) is 0 Å². The standard InChI is InChI=1S/C13H16N2O2S2/c1-10-2-3-12(8-13(10)14)19(16,17)15-6-4-11-5-7-18-9-11/h2-3,5,7-9,15H,4,6,14H2,1H3. The van der Waals surface area contributed by atoms with E-state index in [0.29, 0.717) is 18.7 Å². The summed E-state index contributed by atoms with van der Waals surface area (Å²) in [5.41, 5.74) is 8.23. The van der Waals surface area contributed by atoms with E-state index in [2.05, 4.69) is 4.72 Å². The fourth-order valence-corrected chi connectivity index (χ4v) is 3.40. The lowest BCUT2D eigenvalue weighted by atomic mass is 10.2. The van der Waals surface area contributed by atoms with Crippen LogP contribution >= 0.6 is 11.3 Å². The van der Waals surface area contributed by atoms with Crippen molar-refractivity contribution in [3.05, 3.63) is 46.2 Å². The molecule has 6 heteroatoms. The topological polar surface area (TPSA) is 72.2 Å². The van der Waals surface area contributed by atoms with Crippen molar-refractivity contribution >= 4 is 27.0 Å². The second kappa shape index (κ2) is 5.73. The fourth-order valence-electron chi connectivity index (χ4n) is 1.63. The van der Waals surface area contributed by atoms with Gasteiger partial charge in [0.15, 0.2) is 0 Å². The molecular formula is C13H16N2O2S2. The molecule has 0 amide bonds. The predicted molar refractivity (Wildman–Crippen MR) is 78.8 cm³/mol. The Kier molecular flexibility index (Phi) is 4.24. The molecule has 0 fully saturated rings. The molecule has 2 rings (SSSR count). The molecule has 0 saturated carbocycles. The number of thiophene rings is 1. The zero-order chi connectivity index (χ0) is 13.9. The molecule has 0 radical (unpaired) electrons. The third-order valence-corrected chi connectivity index (χ3v) is 5.04. The average Bonchev–Trinajstić information content (AvgIpc) is 2.85. The number of benzene rings is 1. The number of rotatable bonds is 5. The highest BCUT2D eigenvalue weighted by atomic mass is 32.2. The highest BCUT2D eigenvalue weighted by molar-refractivity contribution is 7.89. The number of nitrogens with two attached hydrogens (primary N) is 1. The molecular weight excluding hydrogens is 280 g/mol. The minimum absolute atomic E-state index is 0.209. The summed E-state index contributed by atoms with van der Waals surface area (Å²) in [6, 6.07) is 6.76. The third-order valence-electron chi connectivity index (χ3n) is 2.85. The van der Waals surface area contributed by atoms with E-state index in [4.69, 9.17) is 5.73 Å². The van der Waals surface area contributed by atoms with Gasteiger partial charge in [-0.05, 0) is 53.4 Å². The lowest BCUT2D eigenvalue weighted by molar-refractivity contribution is 0.581. The van der Waals surface area contributed by atoms with E-state index < -0.39 is 10.0 Å². The molecule has 3 N–H and O–H groups in total. The summed E-state index contributed by atoms with van der Waals surface area (Å²) in [7, 11) is -3.48. The van der Waals surface area contributed by atoms with Gasteiger partial charge in [-0.15, -0.1) is 0 Å². The molecule has 0 atom stereocenters. The number of nitrogens with one attached hydrogen (secondary N) is 1. The van der Waals surface area contributed by atoms with E-state index in [1.54, 1.807) is 23.5 Å². The Bertz CT molecular complexity index is 649. The van der Waals surface area contributed by atoms with Gasteiger partial charge in [-0.25, -0.2) is 13.1 Å². The number of anilines is 1. The van der Waals surface area contributed by atoms with E-state index in [1.807, 2.05) is 23.8 Å². The van der Waals surface area contributed by atoms with Crippen LogP contribution in [0.15, 0.2) is 39.9 Å². The fraction of sp³-hybridized carbons (Fsp3) is 0.231. The molecule has 19 heavy (non-hydrogen) atoms. The molecule has 0 unspecified atom stereocenters. The van der Waals surface area contributed by atoms with Crippen molar-refractivity contribution in [2.45, 2.75) is 18.2 Å². The summed E-state index contributed by atoms with van der Waals surface area (Å²) >= 11 is 1.60. The molecule has 4 nitrogen and oxygen atoms in total. The number of sulfonamides is 1. The van der Waals surface area contributed by atoms with Crippen molar-refractivity contribution in [3.63, 3.8) is 0 Å². The summed E-state index contributed by atoms with van der Waals surface area (Å²) < 4.78 is 26.7. The Balaban J connectivity index is 2.03. The molecule has 1 aromatic carbocycles. The monoisotopic (exact) mass is 296 g/mol. The van der Waals surface area contributed by atoms with E-state index in [-0.39, 0.29) is 4.90 Å². The van der Waals surface area contributed by atoms with Crippen LogP contribution in [-0.2, 0) is 16.4 Å². The molecule has 2 aromatic rings. The SMILES string of the molecule is Cc1ccc(S(=O)(=O)NCCc2ccsc2)cc1N. The van der Waals surface area contributed by atoms with Crippen LogP contribution in [0.1, 0.15) is 11.1 Å². The second-order valence-corrected chi connectivity index (χ2v) is 6.84. The number of nitrogen functional groups attached to an aromatic ring is 1. The van der Waals surface area contributed by atoms with Crippen LogP contribution in [0, 0.1) is 6.92 Å². The zero-order valence-electron chi connectivity index (χ0n) is 10.6. The first kappa shape index (κ1) is 14.0. The maximum absolute atomic E-state index is 12.1. The maximum Gasteiger partial charge on any atom is 0.240 e. The van der Waals surface area contributed by atoms with Crippen molar-refractivity contribution in [2.75, 3.05) is 12.3 Å². The molecule has 102 valence electrons. The Morgan fingerprint density at radius 1 is 1.32 bits per heavy atom. The van der Waals surface area contributed by atoms with Gasteiger partial charge in [-0.2, -0.15) is 11.3 Å². The summed E-state index contributed by atoms with van der Waals surface area (Å²) in [6.07, 6.45) is 0.685. The first-order valence-electron chi connectivity index (χ1n) is 5.86. The van der Waals surface area contributed by atoms with Gasteiger partial charge in [0.25, 0.3) is 0 Å². The van der Waals surface area contributed by atoms with Gasteiger partial charge in [0.2, 0.25) is 10.0 Å². The van der Waals surface area contributed by atoms with Crippen LogP contribution in [0.25, 0.3) is 0 Å². The van der Waals surface area contributed by atoms with Crippen molar-refractivity contribution in [1.82, 2.24) is 4.72 Å². The molecule has 0 aliphatic carbocycles. The van der Waals surface area contributed by atoms with E-state index in [1.165, 1.54) is 6.07 Å². The summed E-state index contributed by atoms with van der Waals surface area (Å²) in [5, 5.41) is 3.99. The summed E-state index contributed by atoms with van der Waals surface area (Å²) in [5.74, 6) is 0. The maximum atomic E-state index is 12.1. The lowest BCUT2D eigenvalue weighted by Gasteiger charge is -2.08. The molecule has 0 aliphatic rings. The highest BCUT2D eigenvalue weighted by Gasteiger charge is 2.14. The molecule has 1 heterocycles. The van der Waals surface area contributed by atoms with Crippen LogP contribution in [0.5, 0.6) is 0 Å². The number of hydrogen-bond acceptors (Lipinski definition) is 4. The molecule has 0 aliphatic heterocycles. The van der Waals surface area contributed by atoms with Gasteiger partial charge >= 0.3 is 0 Å². The van der Waals surface area contributed by atoms with Crippen LogP contribution < -0.4 is 10.5 Å². The molecule has 0 spiro atoms. The number of hydrogen-bond donors (Lipinski definition) is 2. The predicted octanol–water partition coefficient (Wildman–Crippen LogP) is 2.16. The van der Waals surface area contributed by atoms with E-state index in [9.17, 15) is 8.42 Å². The van der Waals surface area contributed by atoms with Gasteiger partial charge in [0.05, 0.1) is 4.90 Å². The van der Waals surface area contributed by atoms with E-state index in [0.717, 1.165) is 11.1 Å². The normalized spacial score (nSPS) is 11.6. The molecule has 0 bridgehead atoms. The van der Waals surface area contributed by atoms with Gasteiger partial charge < -0.3 is 5.73 Å². The van der Waals surface area contributed by atoms with Gasteiger partial charge in [0, 0.05) is 12.2 Å². The molecule has 1 aromatic heterocycles. The second-order valence-electron chi connectivity index (χ2n) is 4.30. The largest absolute Gasteiger partial charge is 0.398 e. The Hall–Kier alpha value is -1.37. The first-order chi connectivity index (χ1) is 8.99. The van der Waals surface area contributed by atoms with Crippen LogP contribution in [0.2, 0.25) is 0 Å². The quantitative estimate of drug-likeness (QED) is 0.831. The first-order valence-corrected chi connectivity index (χ1v) is 8.28. The van der Waals surface area contributed by atoms with Gasteiger partial charge in [-0.3, -0.25) is 0 Å². The van der Waals surface area contributed by atoms with Crippen molar-refractivity contribution in [3.8, 4) is 0 Å². The minimum atomic E-state index is -3.48. The third kappa shape index (κ3) is 3.56. The Morgan fingerprint density at radius 3 is 2.74 bits per heavy atom. The molecule has 0 saturated heterocycles. The summed E-state index contributed by atoms with van der Waals surface area (Å²) in [6.45, 7) is 2.22. The van der Waals surface area contributed by atoms with Crippen LogP contribution in [0.4, 0.5) is 5.69 Å². The highest BCUT2D eigenvalue weighted by Crippen LogP contribution is 2.17. The van der Waals surface area contributed by atoms with E-state index >= 15 is 0 Å². The minimum Gasteiger partial charge on any atom is -0.398 e. The van der Waals surface area contributed by atoms with Gasteiger partial charge in [0.1, 0.15) is 0 Å². The summed E-state index contributed by atoms with van der Waals surface area (Å²) in [4.78, 5) is 0.209. The van der Waals surface area contributed by atoms with Crippen molar-refractivity contribution < 1.29 is 8.42 Å². The smallest absolute Gasteiger partial charge is 0.240 e. The Morgan fingerprint density at radius 2 is 2.11 bits per heavy atom. The van der Waals surface area contributed by atoms with Crippen LogP contribution in [-0.4, -0.2) is 15.0 Å². The van der Waals surface area contributed by atoms with Crippen LogP contribution in [0.3, 0.4) is 0 Å².